The van der Waals surface area contributed by atoms with Gasteiger partial charge in [-0.25, -0.2) is 8.42 Å². The topological polar surface area (TPSA) is 107 Å². The number of phenolic OH excluding ortho intramolecular Hbond substituents is 1. The number of sulfonamides is 1. The number of nitrogens with one attached hydrogen (secondary N) is 1. The van der Waals surface area contributed by atoms with Crippen LogP contribution < -0.4 is 5.32 Å². The molecule has 0 saturated carbocycles. The Morgan fingerprint density at radius 1 is 1.35 bits per heavy atom. The molecule has 1 fully saturated rings. The van der Waals surface area contributed by atoms with Crippen LogP contribution in [0.25, 0.3) is 0 Å². The van der Waals surface area contributed by atoms with Crippen molar-refractivity contribution in [2.45, 2.75) is 31.4 Å². The Labute approximate surface area is 136 Å². The molecular weight excluding hydrogens is 320 g/mol. The second kappa shape index (κ2) is 7.29. The number of aromatic hydroxyl groups is 1. The van der Waals surface area contributed by atoms with Crippen LogP contribution in [0, 0.1) is 0 Å². The van der Waals surface area contributed by atoms with Crippen molar-refractivity contribution in [1.29, 1.82) is 0 Å². The van der Waals surface area contributed by atoms with E-state index in [2.05, 4.69) is 5.32 Å². The lowest BCUT2D eigenvalue weighted by molar-refractivity contribution is -0.124. The van der Waals surface area contributed by atoms with Crippen LogP contribution in [0.3, 0.4) is 0 Å². The van der Waals surface area contributed by atoms with E-state index in [1.807, 2.05) is 12.1 Å². The van der Waals surface area contributed by atoms with Crippen LogP contribution in [-0.2, 0) is 21.2 Å². The fourth-order valence-corrected chi connectivity index (χ4v) is 3.76. The minimum absolute atomic E-state index is 0.0373. The first-order valence-electron chi connectivity index (χ1n) is 7.48. The number of carbonyl (C=O) groups excluding carboxylic acids is 1. The summed E-state index contributed by atoms with van der Waals surface area (Å²) >= 11 is 0. The number of rotatable bonds is 6. The number of β-amino-alcohol motifs (C(OH)–C–C–N with tert-alkyl or cyclic N) is 1. The van der Waals surface area contributed by atoms with E-state index in [9.17, 15) is 23.4 Å². The van der Waals surface area contributed by atoms with Crippen molar-refractivity contribution in [1.82, 2.24) is 9.62 Å². The minimum atomic E-state index is -3.52. The summed E-state index contributed by atoms with van der Waals surface area (Å²) in [6, 6.07) is 6.01. The third-order valence-electron chi connectivity index (χ3n) is 3.84. The zero-order valence-electron chi connectivity index (χ0n) is 13.0. The monoisotopic (exact) mass is 342 g/mol. The van der Waals surface area contributed by atoms with Gasteiger partial charge in [-0.05, 0) is 30.5 Å². The number of carbonyl (C=O) groups is 1. The first kappa shape index (κ1) is 17.7. The number of hydrogen-bond donors (Lipinski definition) is 3. The molecule has 0 aliphatic carbocycles. The summed E-state index contributed by atoms with van der Waals surface area (Å²) in [5, 5.41) is 21.5. The van der Waals surface area contributed by atoms with Gasteiger partial charge in [0.15, 0.2) is 0 Å². The molecular formula is C15H22N2O5S. The molecule has 1 aromatic carbocycles. The molecule has 1 aliphatic rings. The molecule has 23 heavy (non-hydrogen) atoms. The summed E-state index contributed by atoms with van der Waals surface area (Å²) in [6.07, 6.45) is 1.79. The van der Waals surface area contributed by atoms with Gasteiger partial charge in [0, 0.05) is 19.5 Å². The molecule has 3 N–H and O–H groups in total. The fourth-order valence-electron chi connectivity index (χ4n) is 2.67. The van der Waals surface area contributed by atoms with E-state index in [0.717, 1.165) is 22.5 Å². The molecule has 8 heteroatoms. The lowest BCUT2D eigenvalue weighted by atomic mass is 10.1. The van der Waals surface area contributed by atoms with E-state index < -0.39 is 22.2 Å². The number of aliphatic hydroxyl groups excluding tert-OH is 1. The molecule has 2 rings (SSSR count). The van der Waals surface area contributed by atoms with Crippen LogP contribution in [0.1, 0.15) is 18.4 Å². The largest absolute Gasteiger partial charge is 0.508 e. The predicted molar refractivity (Wildman–Crippen MR) is 85.4 cm³/mol. The summed E-state index contributed by atoms with van der Waals surface area (Å²) in [6.45, 7) is 0.383. The van der Waals surface area contributed by atoms with Gasteiger partial charge < -0.3 is 15.5 Å². The van der Waals surface area contributed by atoms with Crippen LogP contribution >= 0.6 is 0 Å². The van der Waals surface area contributed by atoms with Crippen molar-refractivity contribution < 1.29 is 23.4 Å². The Morgan fingerprint density at radius 3 is 2.61 bits per heavy atom. The third-order valence-corrected chi connectivity index (χ3v) is 5.10. The van der Waals surface area contributed by atoms with Crippen LogP contribution in [0.4, 0.5) is 0 Å². The van der Waals surface area contributed by atoms with Crippen molar-refractivity contribution in [2.24, 2.45) is 0 Å². The smallest absolute Gasteiger partial charge is 0.238 e. The Morgan fingerprint density at radius 2 is 2.00 bits per heavy atom. The third kappa shape index (κ3) is 4.92. The van der Waals surface area contributed by atoms with Gasteiger partial charge in [-0.3, -0.25) is 4.79 Å². The molecule has 7 nitrogen and oxygen atoms in total. The van der Waals surface area contributed by atoms with Crippen LogP contribution in [0.5, 0.6) is 5.75 Å². The standard InChI is InChI=1S/C15H22N2O5S/c1-23(21,22)17-10-13(19)9-14(17)15(20)16-8-2-3-11-4-6-12(18)7-5-11/h4-7,13-14,18-19H,2-3,8-10H2,1H3,(H,16,20)/t13-,14+/m1/s1. The zero-order valence-corrected chi connectivity index (χ0v) is 13.8. The van der Waals surface area contributed by atoms with E-state index in [1.165, 1.54) is 0 Å². The predicted octanol–water partition coefficient (Wildman–Crippen LogP) is -0.164. The lowest BCUT2D eigenvalue weighted by Gasteiger charge is -2.20. The van der Waals surface area contributed by atoms with E-state index in [4.69, 9.17) is 0 Å². The van der Waals surface area contributed by atoms with E-state index in [1.54, 1.807) is 12.1 Å². The molecule has 2 atom stereocenters. The van der Waals surface area contributed by atoms with E-state index in [0.29, 0.717) is 13.0 Å². The summed E-state index contributed by atoms with van der Waals surface area (Å²) in [4.78, 5) is 12.1. The number of hydrogen-bond acceptors (Lipinski definition) is 5. The summed E-state index contributed by atoms with van der Waals surface area (Å²) in [7, 11) is -3.52. The fraction of sp³-hybridized carbons (Fsp3) is 0.533. The molecule has 0 bridgehead atoms. The van der Waals surface area contributed by atoms with Crippen molar-refractivity contribution in [3.05, 3.63) is 29.8 Å². The van der Waals surface area contributed by atoms with Crippen LogP contribution in [0.15, 0.2) is 24.3 Å². The van der Waals surface area contributed by atoms with Crippen molar-refractivity contribution in [2.75, 3.05) is 19.3 Å². The Hall–Kier alpha value is -1.64. The zero-order chi connectivity index (χ0) is 17.0. The van der Waals surface area contributed by atoms with Gasteiger partial charge in [0.1, 0.15) is 11.8 Å². The highest BCUT2D eigenvalue weighted by atomic mass is 32.2. The molecule has 0 aromatic heterocycles. The maximum atomic E-state index is 12.1. The molecule has 1 amide bonds. The maximum Gasteiger partial charge on any atom is 0.238 e. The summed E-state index contributed by atoms with van der Waals surface area (Å²) in [5.74, 6) is -0.166. The van der Waals surface area contributed by atoms with E-state index >= 15 is 0 Å². The minimum Gasteiger partial charge on any atom is -0.508 e. The second-order valence-corrected chi connectivity index (χ2v) is 7.73. The van der Waals surface area contributed by atoms with Gasteiger partial charge in [0.25, 0.3) is 0 Å². The molecule has 0 unspecified atom stereocenters. The molecule has 1 aromatic rings. The Balaban J connectivity index is 1.81. The van der Waals surface area contributed by atoms with E-state index in [-0.39, 0.29) is 24.6 Å². The van der Waals surface area contributed by atoms with Gasteiger partial charge in [0.05, 0.1) is 12.4 Å². The number of phenols is 1. The number of amides is 1. The van der Waals surface area contributed by atoms with Crippen molar-refractivity contribution in [3.8, 4) is 5.75 Å². The van der Waals surface area contributed by atoms with Gasteiger partial charge >= 0.3 is 0 Å². The second-order valence-electron chi connectivity index (χ2n) is 5.80. The quantitative estimate of drug-likeness (QED) is 0.623. The summed E-state index contributed by atoms with van der Waals surface area (Å²) in [5.41, 5.74) is 1.05. The Kier molecular flexibility index (Phi) is 5.61. The number of benzene rings is 1. The maximum absolute atomic E-state index is 12.1. The molecule has 0 radical (unpaired) electrons. The SMILES string of the molecule is CS(=O)(=O)N1C[C@H](O)C[C@H]1C(=O)NCCCc1ccc(O)cc1. The van der Waals surface area contributed by atoms with Crippen LogP contribution in [0.2, 0.25) is 0 Å². The molecule has 1 aliphatic heterocycles. The average molecular weight is 342 g/mol. The molecule has 128 valence electrons. The number of nitrogens with zero attached hydrogens (tertiary/aromatic N) is 1. The highest BCUT2D eigenvalue weighted by Crippen LogP contribution is 2.21. The lowest BCUT2D eigenvalue weighted by Crippen LogP contribution is -2.45. The van der Waals surface area contributed by atoms with Gasteiger partial charge in [-0.2, -0.15) is 4.31 Å². The number of aliphatic hydroxyl groups is 1. The first-order chi connectivity index (χ1) is 10.8. The van der Waals surface area contributed by atoms with Crippen LogP contribution in [-0.4, -0.2) is 60.3 Å². The van der Waals surface area contributed by atoms with Crippen molar-refractivity contribution in [3.63, 3.8) is 0 Å². The molecule has 1 heterocycles. The highest BCUT2D eigenvalue weighted by molar-refractivity contribution is 7.88. The molecule has 0 spiro atoms. The summed E-state index contributed by atoms with van der Waals surface area (Å²) < 4.78 is 24.4. The molecule has 1 saturated heterocycles. The van der Waals surface area contributed by atoms with Crippen molar-refractivity contribution >= 4 is 15.9 Å². The highest BCUT2D eigenvalue weighted by Gasteiger charge is 2.40. The van der Waals surface area contributed by atoms with Gasteiger partial charge in [-0.1, -0.05) is 12.1 Å². The normalized spacial score (nSPS) is 22.2. The van der Waals surface area contributed by atoms with Gasteiger partial charge in [-0.15, -0.1) is 0 Å². The van der Waals surface area contributed by atoms with Gasteiger partial charge in [0.2, 0.25) is 15.9 Å². The first-order valence-corrected chi connectivity index (χ1v) is 9.32. The number of aryl methyl sites for hydroxylation is 1. The Bertz CT molecular complexity index is 644. The average Bonchev–Trinajstić information content (AvgIpc) is 2.87.